The zero-order chi connectivity index (χ0) is 13.1. The van der Waals surface area contributed by atoms with Crippen LogP contribution in [0.1, 0.15) is 23.7 Å². The van der Waals surface area contributed by atoms with E-state index in [2.05, 4.69) is 5.16 Å². The van der Waals surface area contributed by atoms with Crippen molar-refractivity contribution in [3.63, 3.8) is 0 Å². The summed E-state index contributed by atoms with van der Waals surface area (Å²) >= 11 is 0. The van der Waals surface area contributed by atoms with Gasteiger partial charge in [-0.2, -0.15) is 0 Å². The molecule has 0 saturated heterocycles. The Hall–Kier alpha value is -1.69. The van der Waals surface area contributed by atoms with Gasteiger partial charge < -0.3 is 5.21 Å². The summed E-state index contributed by atoms with van der Waals surface area (Å²) in [4.78, 5) is 11.9. The van der Waals surface area contributed by atoms with E-state index in [0.717, 1.165) is 6.26 Å². The number of rotatable bonds is 4. The molecule has 0 atom stereocenters. The summed E-state index contributed by atoms with van der Waals surface area (Å²) in [7, 11) is -3.27. The van der Waals surface area contributed by atoms with Crippen LogP contribution in [0, 0.1) is 0 Å². The number of hydrogen-bond donors (Lipinski definition) is 1. The molecule has 0 saturated carbocycles. The van der Waals surface area contributed by atoms with E-state index >= 15 is 0 Å². The van der Waals surface area contributed by atoms with Crippen LogP contribution in [-0.4, -0.2) is 31.4 Å². The monoisotopic (exact) mass is 255 g/mol. The minimum atomic E-state index is -3.27. The summed E-state index contributed by atoms with van der Waals surface area (Å²) in [5.41, 5.74) is 0.337. The van der Waals surface area contributed by atoms with E-state index in [1.54, 1.807) is 6.92 Å². The summed E-state index contributed by atoms with van der Waals surface area (Å²) in [5.74, 6) is -0.407. The molecular formula is C11H13NO4S. The van der Waals surface area contributed by atoms with Crippen LogP contribution in [0.2, 0.25) is 0 Å². The lowest BCUT2D eigenvalue weighted by atomic mass is 10.1. The van der Waals surface area contributed by atoms with Crippen molar-refractivity contribution in [2.24, 2.45) is 5.16 Å². The fourth-order valence-electron chi connectivity index (χ4n) is 1.30. The van der Waals surface area contributed by atoms with E-state index in [9.17, 15) is 13.2 Å². The maximum Gasteiger partial charge on any atom is 0.210 e. The van der Waals surface area contributed by atoms with Crippen LogP contribution >= 0.6 is 0 Å². The molecule has 0 bridgehead atoms. The molecule has 0 aromatic heterocycles. The van der Waals surface area contributed by atoms with Crippen LogP contribution in [0.4, 0.5) is 0 Å². The lowest BCUT2D eigenvalue weighted by Crippen LogP contribution is -2.13. The Labute approximate surface area is 99.7 Å². The van der Waals surface area contributed by atoms with Gasteiger partial charge in [0.05, 0.1) is 4.90 Å². The summed E-state index contributed by atoms with van der Waals surface area (Å²) in [6.45, 7) is 1.69. The number of carbonyl (C=O) groups excluding carboxylic acids is 1. The molecule has 92 valence electrons. The fraction of sp³-hybridized carbons (Fsp3) is 0.273. The van der Waals surface area contributed by atoms with Crippen molar-refractivity contribution in [2.45, 2.75) is 18.2 Å². The standard InChI is InChI=1S/C11H13NO4S/c1-3-10(12-14)11(13)8-4-6-9(7-5-8)17(2,15)16/h4-7,14H,3H2,1-2H3. The zero-order valence-electron chi connectivity index (χ0n) is 9.54. The largest absolute Gasteiger partial charge is 0.411 e. The third-order valence-corrected chi connectivity index (χ3v) is 3.39. The number of ketones is 1. The van der Waals surface area contributed by atoms with Gasteiger partial charge in [0.25, 0.3) is 0 Å². The molecule has 1 rings (SSSR count). The van der Waals surface area contributed by atoms with E-state index in [4.69, 9.17) is 5.21 Å². The molecule has 0 amide bonds. The predicted octanol–water partition coefficient (Wildman–Crippen LogP) is 1.51. The molecule has 1 aromatic rings. The van der Waals surface area contributed by atoms with Gasteiger partial charge in [-0.1, -0.05) is 12.1 Å². The van der Waals surface area contributed by atoms with Crippen LogP contribution < -0.4 is 0 Å². The lowest BCUT2D eigenvalue weighted by molar-refractivity contribution is 0.105. The Bertz CT molecular complexity index is 543. The minimum Gasteiger partial charge on any atom is -0.411 e. The summed E-state index contributed by atoms with van der Waals surface area (Å²) in [5, 5.41) is 11.5. The van der Waals surface area contributed by atoms with Crippen LogP contribution in [0.5, 0.6) is 0 Å². The second-order valence-electron chi connectivity index (χ2n) is 3.53. The van der Waals surface area contributed by atoms with E-state index in [1.165, 1.54) is 24.3 Å². The van der Waals surface area contributed by atoms with Crippen molar-refractivity contribution in [1.82, 2.24) is 0 Å². The van der Waals surface area contributed by atoms with Gasteiger partial charge in [0, 0.05) is 11.8 Å². The Morgan fingerprint density at radius 2 is 1.82 bits per heavy atom. The van der Waals surface area contributed by atoms with E-state index in [1.807, 2.05) is 0 Å². The van der Waals surface area contributed by atoms with Gasteiger partial charge in [-0.25, -0.2) is 8.42 Å². The number of nitrogens with zero attached hydrogens (tertiary/aromatic N) is 1. The van der Waals surface area contributed by atoms with Crippen LogP contribution in [-0.2, 0) is 9.84 Å². The Morgan fingerprint density at radius 1 is 1.29 bits per heavy atom. The number of carbonyl (C=O) groups is 1. The lowest BCUT2D eigenvalue weighted by Gasteiger charge is -2.02. The first-order valence-electron chi connectivity index (χ1n) is 4.96. The van der Waals surface area contributed by atoms with Gasteiger partial charge in [-0.05, 0) is 30.7 Å². The molecule has 0 aliphatic heterocycles. The zero-order valence-corrected chi connectivity index (χ0v) is 10.4. The quantitative estimate of drug-likeness (QED) is 0.382. The normalized spacial score (nSPS) is 12.5. The van der Waals surface area contributed by atoms with Gasteiger partial charge in [0.2, 0.25) is 5.78 Å². The molecule has 1 aromatic carbocycles. The van der Waals surface area contributed by atoms with Crippen molar-refractivity contribution >= 4 is 21.3 Å². The Morgan fingerprint density at radius 3 is 2.18 bits per heavy atom. The third kappa shape index (κ3) is 3.13. The molecule has 0 fully saturated rings. The maximum absolute atomic E-state index is 11.7. The highest BCUT2D eigenvalue weighted by atomic mass is 32.2. The summed E-state index contributed by atoms with van der Waals surface area (Å²) in [6, 6.07) is 5.51. The second kappa shape index (κ2) is 5.09. The van der Waals surface area contributed by atoms with Crippen molar-refractivity contribution in [3.8, 4) is 0 Å². The van der Waals surface area contributed by atoms with Crippen LogP contribution in [0.15, 0.2) is 34.3 Å². The first-order valence-corrected chi connectivity index (χ1v) is 6.85. The van der Waals surface area contributed by atoms with Gasteiger partial charge in [-0.3, -0.25) is 4.79 Å². The molecule has 17 heavy (non-hydrogen) atoms. The molecule has 0 aliphatic carbocycles. The number of sulfone groups is 1. The topological polar surface area (TPSA) is 83.8 Å². The predicted molar refractivity (Wildman–Crippen MR) is 63.4 cm³/mol. The van der Waals surface area contributed by atoms with Crippen LogP contribution in [0.25, 0.3) is 0 Å². The van der Waals surface area contributed by atoms with Gasteiger partial charge >= 0.3 is 0 Å². The van der Waals surface area contributed by atoms with Gasteiger partial charge in [0.1, 0.15) is 5.71 Å². The minimum absolute atomic E-state index is 0.0390. The van der Waals surface area contributed by atoms with Crippen molar-refractivity contribution in [3.05, 3.63) is 29.8 Å². The highest BCUT2D eigenvalue weighted by Gasteiger charge is 2.14. The summed E-state index contributed by atoms with van der Waals surface area (Å²) in [6.07, 6.45) is 1.40. The average Bonchev–Trinajstić information content (AvgIpc) is 2.29. The van der Waals surface area contributed by atoms with Gasteiger partial charge in [-0.15, -0.1) is 0 Å². The third-order valence-electron chi connectivity index (χ3n) is 2.26. The molecule has 0 heterocycles. The highest BCUT2D eigenvalue weighted by Crippen LogP contribution is 2.11. The maximum atomic E-state index is 11.7. The number of benzene rings is 1. The van der Waals surface area contributed by atoms with E-state index < -0.39 is 15.6 Å². The highest BCUT2D eigenvalue weighted by molar-refractivity contribution is 7.90. The van der Waals surface area contributed by atoms with E-state index in [-0.39, 0.29) is 10.6 Å². The number of hydrogen-bond acceptors (Lipinski definition) is 5. The SMILES string of the molecule is CCC(=NO)C(=O)c1ccc(S(C)(=O)=O)cc1. The van der Waals surface area contributed by atoms with Crippen LogP contribution in [0.3, 0.4) is 0 Å². The molecule has 1 N–H and O–H groups in total. The average molecular weight is 255 g/mol. The number of Topliss-reactive ketones (excluding diaryl/α,β-unsaturated/α-hetero) is 1. The Balaban J connectivity index is 3.08. The van der Waals surface area contributed by atoms with Crippen molar-refractivity contribution in [2.75, 3.05) is 6.26 Å². The molecule has 0 radical (unpaired) electrons. The first kappa shape index (κ1) is 13.4. The van der Waals surface area contributed by atoms with Gasteiger partial charge in [0.15, 0.2) is 9.84 Å². The van der Waals surface area contributed by atoms with E-state index in [0.29, 0.717) is 12.0 Å². The fourth-order valence-corrected chi connectivity index (χ4v) is 1.93. The molecule has 0 spiro atoms. The second-order valence-corrected chi connectivity index (χ2v) is 5.54. The van der Waals surface area contributed by atoms with Crippen molar-refractivity contribution < 1.29 is 18.4 Å². The molecule has 0 aliphatic rings. The molecule has 5 nitrogen and oxygen atoms in total. The molecule has 6 heteroatoms. The first-order chi connectivity index (χ1) is 7.90. The Kier molecular flexibility index (Phi) is 4.01. The van der Waals surface area contributed by atoms with Crippen molar-refractivity contribution in [1.29, 1.82) is 0 Å². The molecule has 0 unspecified atom stereocenters. The molecular weight excluding hydrogens is 242 g/mol. The number of oxime groups is 1. The summed E-state index contributed by atoms with van der Waals surface area (Å²) < 4.78 is 22.4. The smallest absolute Gasteiger partial charge is 0.210 e.